The largest absolute Gasteiger partial charge is 0.467 e. The minimum atomic E-state index is -0.746. The fourth-order valence-corrected chi connectivity index (χ4v) is 1.75. The highest BCUT2D eigenvalue weighted by molar-refractivity contribution is 5.99. The lowest BCUT2D eigenvalue weighted by atomic mass is 10.0. The molecule has 1 aromatic rings. The van der Waals surface area contributed by atoms with Gasteiger partial charge < -0.3 is 14.8 Å². The van der Waals surface area contributed by atoms with Crippen molar-refractivity contribution in [2.75, 3.05) is 14.2 Å². The van der Waals surface area contributed by atoms with Crippen LogP contribution in [0.1, 0.15) is 34.6 Å². The highest BCUT2D eigenvalue weighted by atomic mass is 16.5. The minimum absolute atomic E-state index is 0.120. The van der Waals surface area contributed by atoms with Crippen LogP contribution in [0.2, 0.25) is 0 Å². The summed E-state index contributed by atoms with van der Waals surface area (Å²) in [6, 6.07) is 5.34. The van der Waals surface area contributed by atoms with Crippen LogP contribution < -0.4 is 5.32 Å². The Morgan fingerprint density at radius 3 is 2.19 bits per heavy atom. The van der Waals surface area contributed by atoms with Crippen molar-refractivity contribution >= 4 is 17.8 Å². The smallest absolute Gasteiger partial charge is 0.337 e. The molecule has 6 nitrogen and oxygen atoms in total. The van der Waals surface area contributed by atoms with Gasteiger partial charge in [0.05, 0.1) is 19.8 Å². The zero-order chi connectivity index (χ0) is 16.0. The van der Waals surface area contributed by atoms with E-state index in [2.05, 4.69) is 14.8 Å². The molecule has 0 fully saturated rings. The van der Waals surface area contributed by atoms with Crippen LogP contribution in [0.25, 0.3) is 0 Å². The third kappa shape index (κ3) is 4.30. The first-order valence-corrected chi connectivity index (χ1v) is 6.47. The number of ether oxygens (including phenoxy) is 2. The predicted octanol–water partition coefficient (Wildman–Crippen LogP) is 1.40. The number of rotatable bonds is 5. The van der Waals surface area contributed by atoms with E-state index >= 15 is 0 Å². The molecule has 21 heavy (non-hydrogen) atoms. The molecule has 1 atom stereocenters. The van der Waals surface area contributed by atoms with Gasteiger partial charge in [-0.1, -0.05) is 19.9 Å². The van der Waals surface area contributed by atoms with Crippen molar-refractivity contribution in [3.63, 3.8) is 0 Å². The van der Waals surface area contributed by atoms with Crippen LogP contribution in [0.3, 0.4) is 0 Å². The summed E-state index contributed by atoms with van der Waals surface area (Å²) in [6.07, 6.45) is 0. The summed E-state index contributed by atoms with van der Waals surface area (Å²) in [4.78, 5) is 35.2. The molecular formula is C15H19NO5. The number of carbonyl (C=O) groups excluding carboxylic acids is 3. The van der Waals surface area contributed by atoms with E-state index in [9.17, 15) is 14.4 Å². The van der Waals surface area contributed by atoms with Gasteiger partial charge in [-0.3, -0.25) is 4.79 Å². The van der Waals surface area contributed by atoms with E-state index in [4.69, 9.17) is 0 Å². The van der Waals surface area contributed by atoms with Gasteiger partial charge in [-0.25, -0.2) is 9.59 Å². The van der Waals surface area contributed by atoms with Gasteiger partial charge in [0.1, 0.15) is 6.04 Å². The normalized spacial score (nSPS) is 11.7. The SMILES string of the molecule is COC(=O)c1cccc(C(=O)N[C@H](C(=O)OC)C(C)C)c1. The van der Waals surface area contributed by atoms with Crippen LogP contribution in [0.5, 0.6) is 0 Å². The van der Waals surface area contributed by atoms with Crippen molar-refractivity contribution in [3.8, 4) is 0 Å². The van der Waals surface area contributed by atoms with Crippen LogP contribution in [0, 0.1) is 5.92 Å². The maximum Gasteiger partial charge on any atom is 0.337 e. The van der Waals surface area contributed by atoms with Crippen LogP contribution in [-0.2, 0) is 14.3 Å². The van der Waals surface area contributed by atoms with Crippen molar-refractivity contribution in [2.24, 2.45) is 5.92 Å². The standard InChI is InChI=1S/C15H19NO5/c1-9(2)12(15(19)21-4)16-13(17)10-6-5-7-11(8-10)14(18)20-3/h5-9,12H,1-4H3,(H,16,17)/t12-/m0/s1. The summed E-state index contributed by atoms with van der Waals surface area (Å²) in [7, 11) is 2.53. The maximum absolute atomic E-state index is 12.2. The second-order valence-corrected chi connectivity index (χ2v) is 4.79. The van der Waals surface area contributed by atoms with E-state index in [1.165, 1.54) is 20.3 Å². The van der Waals surface area contributed by atoms with Crippen molar-refractivity contribution in [2.45, 2.75) is 19.9 Å². The Bertz CT molecular complexity index is 539. The molecule has 0 saturated carbocycles. The fraction of sp³-hybridized carbons (Fsp3) is 0.400. The van der Waals surface area contributed by atoms with Crippen molar-refractivity contribution < 1.29 is 23.9 Å². The molecular weight excluding hydrogens is 274 g/mol. The number of amides is 1. The third-order valence-corrected chi connectivity index (χ3v) is 2.95. The Labute approximate surface area is 123 Å². The summed E-state index contributed by atoms with van der Waals surface area (Å²) < 4.78 is 9.26. The molecule has 0 saturated heterocycles. The molecule has 114 valence electrons. The van der Waals surface area contributed by atoms with Crippen molar-refractivity contribution in [3.05, 3.63) is 35.4 Å². The highest BCUT2D eigenvalue weighted by Gasteiger charge is 2.25. The van der Waals surface area contributed by atoms with Crippen molar-refractivity contribution in [1.29, 1.82) is 0 Å². The molecule has 0 aliphatic rings. The molecule has 0 heterocycles. The zero-order valence-corrected chi connectivity index (χ0v) is 12.5. The van der Waals surface area contributed by atoms with Crippen molar-refractivity contribution in [1.82, 2.24) is 5.32 Å². The Balaban J connectivity index is 2.93. The molecule has 0 bridgehead atoms. The molecule has 1 rings (SSSR count). The topological polar surface area (TPSA) is 81.7 Å². The third-order valence-electron chi connectivity index (χ3n) is 2.95. The molecule has 1 N–H and O–H groups in total. The number of esters is 2. The predicted molar refractivity (Wildman–Crippen MR) is 75.9 cm³/mol. The first kappa shape index (κ1) is 16.7. The number of nitrogens with one attached hydrogen (secondary N) is 1. The molecule has 0 aliphatic heterocycles. The lowest BCUT2D eigenvalue weighted by Crippen LogP contribution is -2.45. The van der Waals surface area contributed by atoms with E-state index in [1.54, 1.807) is 32.0 Å². The second kappa shape index (κ2) is 7.42. The Morgan fingerprint density at radius 1 is 1.05 bits per heavy atom. The van der Waals surface area contributed by atoms with Crippen LogP contribution >= 0.6 is 0 Å². The summed E-state index contributed by atoms with van der Waals surface area (Å²) >= 11 is 0. The van der Waals surface area contributed by atoms with E-state index in [-0.39, 0.29) is 17.0 Å². The fourth-order valence-electron chi connectivity index (χ4n) is 1.75. The van der Waals surface area contributed by atoms with Crippen LogP contribution in [0.15, 0.2) is 24.3 Å². The second-order valence-electron chi connectivity index (χ2n) is 4.79. The van der Waals surface area contributed by atoms with Gasteiger partial charge in [0, 0.05) is 5.56 Å². The average Bonchev–Trinajstić information content (AvgIpc) is 2.50. The number of methoxy groups -OCH3 is 2. The molecule has 0 radical (unpaired) electrons. The number of carbonyl (C=O) groups is 3. The van der Waals surface area contributed by atoms with E-state index < -0.39 is 23.9 Å². The number of hydrogen-bond acceptors (Lipinski definition) is 5. The van der Waals surface area contributed by atoms with Gasteiger partial charge in [0.15, 0.2) is 0 Å². The van der Waals surface area contributed by atoms with Gasteiger partial charge in [-0.15, -0.1) is 0 Å². The summed E-state index contributed by atoms with van der Waals surface area (Å²) in [5.41, 5.74) is 0.539. The zero-order valence-electron chi connectivity index (χ0n) is 12.5. The van der Waals surface area contributed by atoms with Gasteiger partial charge in [-0.05, 0) is 24.1 Å². The average molecular weight is 293 g/mol. The van der Waals surface area contributed by atoms with Gasteiger partial charge in [0.2, 0.25) is 0 Å². The lowest BCUT2D eigenvalue weighted by Gasteiger charge is -2.19. The maximum atomic E-state index is 12.2. The van der Waals surface area contributed by atoms with Crippen LogP contribution in [0.4, 0.5) is 0 Å². The molecule has 1 amide bonds. The summed E-state index contributed by atoms with van der Waals surface area (Å²) in [6.45, 7) is 3.60. The molecule has 0 aliphatic carbocycles. The lowest BCUT2D eigenvalue weighted by molar-refractivity contribution is -0.144. The quantitative estimate of drug-likeness (QED) is 0.830. The number of hydrogen-bond donors (Lipinski definition) is 1. The van der Waals surface area contributed by atoms with Gasteiger partial charge in [-0.2, -0.15) is 0 Å². The monoisotopic (exact) mass is 293 g/mol. The highest BCUT2D eigenvalue weighted by Crippen LogP contribution is 2.09. The first-order chi connectivity index (χ1) is 9.90. The number of benzene rings is 1. The Morgan fingerprint density at radius 2 is 1.67 bits per heavy atom. The van der Waals surface area contributed by atoms with E-state index in [0.29, 0.717) is 0 Å². The molecule has 1 aromatic carbocycles. The molecule has 0 aromatic heterocycles. The summed E-state index contributed by atoms with van der Waals surface area (Å²) in [5, 5.41) is 2.60. The minimum Gasteiger partial charge on any atom is -0.467 e. The van der Waals surface area contributed by atoms with Crippen LogP contribution in [-0.4, -0.2) is 38.1 Å². The first-order valence-electron chi connectivity index (χ1n) is 6.47. The van der Waals surface area contributed by atoms with Gasteiger partial charge in [0.25, 0.3) is 5.91 Å². The molecule has 6 heteroatoms. The molecule has 0 unspecified atom stereocenters. The van der Waals surface area contributed by atoms with E-state index in [0.717, 1.165) is 0 Å². The Kier molecular flexibility index (Phi) is 5.90. The van der Waals surface area contributed by atoms with E-state index in [1.807, 2.05) is 0 Å². The summed E-state index contributed by atoms with van der Waals surface area (Å²) in [5.74, 6) is -1.62. The Hall–Kier alpha value is -2.37. The van der Waals surface area contributed by atoms with Gasteiger partial charge >= 0.3 is 11.9 Å². The molecule has 0 spiro atoms.